The van der Waals surface area contributed by atoms with Crippen LogP contribution in [0.1, 0.15) is 28.4 Å². The Morgan fingerprint density at radius 2 is 1.55 bits per heavy atom. The lowest BCUT2D eigenvalue weighted by atomic mass is 9.92. The third-order valence-electron chi connectivity index (χ3n) is 5.76. The van der Waals surface area contributed by atoms with Crippen molar-refractivity contribution < 1.29 is 9.59 Å². The lowest BCUT2D eigenvalue weighted by Crippen LogP contribution is -2.62. The van der Waals surface area contributed by atoms with Crippen molar-refractivity contribution in [3.63, 3.8) is 0 Å². The summed E-state index contributed by atoms with van der Waals surface area (Å²) in [5.74, 6) is -0.274. The van der Waals surface area contributed by atoms with Crippen LogP contribution in [-0.4, -0.2) is 23.3 Å². The Hall–Kier alpha value is -3.60. The van der Waals surface area contributed by atoms with Gasteiger partial charge >= 0.3 is 0 Å². The zero-order chi connectivity index (χ0) is 20.0. The summed E-state index contributed by atoms with van der Waals surface area (Å²) in [7, 11) is 0. The number of likely N-dealkylation sites (N-methyl/N-ethyl adjacent to an activating group) is 1. The van der Waals surface area contributed by atoms with Gasteiger partial charge in [-0.2, -0.15) is 0 Å². The van der Waals surface area contributed by atoms with Gasteiger partial charge in [0.2, 0.25) is 5.66 Å². The van der Waals surface area contributed by atoms with Crippen LogP contribution in [-0.2, 0) is 17.0 Å². The van der Waals surface area contributed by atoms with E-state index in [9.17, 15) is 9.59 Å². The second kappa shape index (κ2) is 6.48. The summed E-state index contributed by atoms with van der Waals surface area (Å²) in [4.78, 5) is 30.9. The van der Waals surface area contributed by atoms with E-state index in [1.165, 1.54) is 0 Å². The van der Waals surface area contributed by atoms with Crippen molar-refractivity contribution in [2.75, 3.05) is 16.8 Å². The van der Waals surface area contributed by atoms with Gasteiger partial charge in [-0.3, -0.25) is 14.5 Å². The number of carbonyl (C=O) groups excluding carboxylic acids is 2. The van der Waals surface area contributed by atoms with Crippen LogP contribution in [0.15, 0.2) is 78.9 Å². The van der Waals surface area contributed by atoms with E-state index < -0.39 is 5.66 Å². The van der Waals surface area contributed by atoms with Gasteiger partial charge in [0, 0.05) is 24.3 Å². The topological polar surface area (TPSA) is 52.7 Å². The molecule has 2 aliphatic rings. The van der Waals surface area contributed by atoms with Gasteiger partial charge < -0.3 is 10.2 Å². The molecule has 0 unspecified atom stereocenters. The molecule has 5 rings (SSSR count). The molecule has 0 bridgehead atoms. The lowest BCUT2D eigenvalue weighted by molar-refractivity contribution is -0.127. The highest BCUT2D eigenvalue weighted by molar-refractivity contribution is 6.15. The fourth-order valence-electron chi connectivity index (χ4n) is 4.43. The summed E-state index contributed by atoms with van der Waals surface area (Å²) in [6.45, 7) is 2.82. The van der Waals surface area contributed by atoms with E-state index in [-0.39, 0.29) is 11.8 Å². The molecule has 144 valence electrons. The Morgan fingerprint density at radius 3 is 2.34 bits per heavy atom. The molecule has 0 fully saturated rings. The number of amides is 2. The Morgan fingerprint density at radius 1 is 0.862 bits per heavy atom. The third-order valence-corrected chi connectivity index (χ3v) is 5.76. The molecule has 0 saturated heterocycles. The largest absolute Gasteiger partial charge is 0.350 e. The summed E-state index contributed by atoms with van der Waals surface area (Å²) in [5.41, 5.74) is 2.63. The summed E-state index contributed by atoms with van der Waals surface area (Å²) in [6.07, 6.45) is 0. The van der Waals surface area contributed by atoms with E-state index >= 15 is 0 Å². The number of fused-ring (bicyclic) bond motifs is 3. The second-order valence-electron chi connectivity index (χ2n) is 7.32. The fourth-order valence-corrected chi connectivity index (χ4v) is 4.43. The van der Waals surface area contributed by atoms with Crippen molar-refractivity contribution in [1.82, 2.24) is 4.90 Å². The highest BCUT2D eigenvalue weighted by Crippen LogP contribution is 2.48. The van der Waals surface area contributed by atoms with Gasteiger partial charge in [0.05, 0.1) is 11.3 Å². The van der Waals surface area contributed by atoms with E-state index in [0.717, 1.165) is 16.8 Å². The molecule has 5 heteroatoms. The molecule has 1 atom stereocenters. The lowest BCUT2D eigenvalue weighted by Gasteiger charge is -2.45. The van der Waals surface area contributed by atoms with Crippen molar-refractivity contribution in [2.45, 2.75) is 19.1 Å². The Kier molecular flexibility index (Phi) is 3.91. The van der Waals surface area contributed by atoms with Gasteiger partial charge in [0.1, 0.15) is 0 Å². The van der Waals surface area contributed by atoms with Crippen LogP contribution in [0.4, 0.5) is 11.4 Å². The molecule has 0 radical (unpaired) electrons. The van der Waals surface area contributed by atoms with Crippen molar-refractivity contribution in [3.05, 3.63) is 95.6 Å². The van der Waals surface area contributed by atoms with E-state index in [4.69, 9.17) is 0 Å². The predicted octanol–water partition coefficient (Wildman–Crippen LogP) is 3.97. The number of para-hydroxylation sites is 2. The van der Waals surface area contributed by atoms with Gasteiger partial charge in [0.25, 0.3) is 11.8 Å². The minimum absolute atomic E-state index is 0.125. The summed E-state index contributed by atoms with van der Waals surface area (Å²) in [6, 6.07) is 24.9. The number of anilines is 2. The van der Waals surface area contributed by atoms with Gasteiger partial charge in [0.15, 0.2) is 0 Å². The molecule has 2 aliphatic heterocycles. The first-order valence-corrected chi connectivity index (χ1v) is 9.81. The molecule has 3 aromatic rings. The first kappa shape index (κ1) is 17.5. The minimum Gasteiger partial charge on any atom is -0.350 e. The SMILES string of the molecule is CCN1C(=O)[C@@]2(Nc3ccccc3C(=O)N2Cc2ccccc2)c2ccccc21. The minimum atomic E-state index is -1.26. The Bertz CT molecular complexity index is 1110. The summed E-state index contributed by atoms with van der Waals surface area (Å²) >= 11 is 0. The molecular weight excluding hydrogens is 362 g/mol. The molecule has 29 heavy (non-hydrogen) atoms. The molecule has 0 aromatic heterocycles. The standard InChI is InChI=1S/C24H21N3O2/c1-2-26-21-15-9-7-13-19(21)24(23(26)29)25-20-14-8-6-12-18(20)22(28)27(24)16-17-10-4-3-5-11-17/h3-15,25H,2,16H2,1H3/t24-/m1/s1. The first-order chi connectivity index (χ1) is 14.2. The number of hydrogen-bond acceptors (Lipinski definition) is 3. The zero-order valence-corrected chi connectivity index (χ0v) is 16.1. The van der Waals surface area contributed by atoms with Gasteiger partial charge in [-0.05, 0) is 30.7 Å². The molecule has 0 aliphatic carbocycles. The average Bonchev–Trinajstić information content (AvgIpc) is 3.00. The normalized spacial score (nSPS) is 19.9. The Labute approximate surface area is 169 Å². The predicted molar refractivity (Wildman–Crippen MR) is 113 cm³/mol. The summed E-state index contributed by atoms with van der Waals surface area (Å²) < 4.78 is 0. The van der Waals surface area contributed by atoms with Crippen molar-refractivity contribution in [3.8, 4) is 0 Å². The van der Waals surface area contributed by atoms with Gasteiger partial charge in [-0.25, -0.2) is 0 Å². The van der Waals surface area contributed by atoms with Crippen LogP contribution < -0.4 is 10.2 Å². The number of hydrogen-bond donors (Lipinski definition) is 1. The first-order valence-electron chi connectivity index (χ1n) is 9.81. The number of benzene rings is 3. The fraction of sp³-hybridized carbons (Fsp3) is 0.167. The van der Waals surface area contributed by atoms with Crippen molar-refractivity contribution in [1.29, 1.82) is 0 Å². The van der Waals surface area contributed by atoms with Crippen LogP contribution in [0.5, 0.6) is 0 Å². The quantitative estimate of drug-likeness (QED) is 0.745. The van der Waals surface area contributed by atoms with E-state index in [2.05, 4.69) is 5.32 Å². The molecule has 2 heterocycles. The van der Waals surface area contributed by atoms with Crippen LogP contribution >= 0.6 is 0 Å². The third kappa shape index (κ3) is 2.40. The molecule has 2 amide bonds. The average molecular weight is 383 g/mol. The molecule has 3 aromatic carbocycles. The van der Waals surface area contributed by atoms with E-state index in [0.29, 0.717) is 24.3 Å². The van der Waals surface area contributed by atoms with Crippen LogP contribution in [0.3, 0.4) is 0 Å². The molecular formula is C24H21N3O2. The van der Waals surface area contributed by atoms with E-state index in [1.54, 1.807) is 15.9 Å². The highest BCUT2D eigenvalue weighted by atomic mass is 16.2. The van der Waals surface area contributed by atoms with Crippen molar-refractivity contribution >= 4 is 23.2 Å². The maximum atomic E-state index is 13.8. The van der Waals surface area contributed by atoms with Crippen LogP contribution in [0.25, 0.3) is 0 Å². The number of nitrogens with zero attached hydrogens (tertiary/aromatic N) is 2. The molecule has 5 nitrogen and oxygen atoms in total. The number of rotatable bonds is 3. The van der Waals surface area contributed by atoms with Gasteiger partial charge in [-0.1, -0.05) is 60.7 Å². The second-order valence-corrected chi connectivity index (χ2v) is 7.32. The molecule has 0 saturated carbocycles. The maximum absolute atomic E-state index is 13.8. The summed E-state index contributed by atoms with van der Waals surface area (Å²) in [5, 5.41) is 3.46. The van der Waals surface area contributed by atoms with Gasteiger partial charge in [-0.15, -0.1) is 0 Å². The number of nitrogens with one attached hydrogen (secondary N) is 1. The van der Waals surface area contributed by atoms with Crippen LogP contribution in [0, 0.1) is 0 Å². The molecule has 1 spiro atoms. The smallest absolute Gasteiger partial charge is 0.278 e. The van der Waals surface area contributed by atoms with E-state index in [1.807, 2.05) is 79.7 Å². The zero-order valence-electron chi connectivity index (χ0n) is 16.1. The maximum Gasteiger partial charge on any atom is 0.278 e. The molecule has 1 N–H and O–H groups in total. The number of carbonyl (C=O) groups is 2. The van der Waals surface area contributed by atoms with Crippen molar-refractivity contribution in [2.24, 2.45) is 0 Å². The Balaban J connectivity index is 1.75. The van der Waals surface area contributed by atoms with Crippen LogP contribution in [0.2, 0.25) is 0 Å². The highest BCUT2D eigenvalue weighted by Gasteiger charge is 2.58. The monoisotopic (exact) mass is 383 g/mol.